The predicted molar refractivity (Wildman–Crippen MR) is 101 cm³/mol. The van der Waals surface area contributed by atoms with Crippen LogP contribution in [0.2, 0.25) is 10.0 Å². The van der Waals surface area contributed by atoms with Crippen molar-refractivity contribution >= 4 is 34.8 Å². The molecule has 0 radical (unpaired) electrons. The van der Waals surface area contributed by atoms with E-state index in [4.69, 9.17) is 37.5 Å². The van der Waals surface area contributed by atoms with Crippen LogP contribution >= 0.6 is 23.2 Å². The van der Waals surface area contributed by atoms with Gasteiger partial charge in [-0.05, 0) is 42.5 Å². The molecular weight excluding hydrogens is 377 g/mol. The Morgan fingerprint density at radius 1 is 1.15 bits per heavy atom. The molecule has 0 aliphatic carbocycles. The summed E-state index contributed by atoms with van der Waals surface area (Å²) in [5.74, 6) is 1.17. The molecule has 0 atom stereocenters. The second kappa shape index (κ2) is 7.83. The first-order valence-electron chi connectivity index (χ1n) is 7.66. The number of methoxy groups -OCH3 is 1. The fourth-order valence-corrected chi connectivity index (χ4v) is 2.95. The van der Waals surface area contributed by atoms with Crippen LogP contribution in [0, 0.1) is 0 Å². The van der Waals surface area contributed by atoms with Crippen molar-refractivity contribution in [2.24, 2.45) is 0 Å². The molecular formula is C19H15Cl2NO4. The summed E-state index contributed by atoms with van der Waals surface area (Å²) in [6, 6.07) is 13.3. The smallest absolute Gasteiger partial charge is 0.257 e. The molecule has 3 aromatic rings. The number of hydrogen-bond donors (Lipinski definition) is 2. The number of amides is 1. The minimum absolute atomic E-state index is 0.182. The third-order valence-electron chi connectivity index (χ3n) is 3.72. The van der Waals surface area contributed by atoms with Crippen molar-refractivity contribution in [3.63, 3.8) is 0 Å². The fraction of sp³-hybridized carbons (Fsp3) is 0.105. The fourth-order valence-electron chi connectivity index (χ4n) is 2.45. The summed E-state index contributed by atoms with van der Waals surface area (Å²) in [6.45, 7) is -0.182. The van der Waals surface area contributed by atoms with Gasteiger partial charge in [-0.1, -0.05) is 23.2 Å². The number of anilines is 1. The molecule has 0 spiro atoms. The third-order valence-corrected chi connectivity index (χ3v) is 4.27. The Bertz CT molecular complexity index is 952. The molecule has 0 saturated heterocycles. The van der Waals surface area contributed by atoms with Crippen LogP contribution in [0.25, 0.3) is 11.3 Å². The quantitative estimate of drug-likeness (QED) is 0.641. The maximum atomic E-state index is 12.4. The lowest BCUT2D eigenvalue weighted by Crippen LogP contribution is -2.12. The normalized spacial score (nSPS) is 10.6. The third kappa shape index (κ3) is 3.85. The number of halogens is 2. The summed E-state index contributed by atoms with van der Waals surface area (Å²) >= 11 is 11.9. The zero-order chi connectivity index (χ0) is 18.7. The predicted octanol–water partition coefficient (Wildman–Crippen LogP) is 5.01. The van der Waals surface area contributed by atoms with Crippen molar-refractivity contribution in [2.45, 2.75) is 6.61 Å². The Morgan fingerprint density at radius 2 is 1.96 bits per heavy atom. The highest BCUT2D eigenvalue weighted by Crippen LogP contribution is 2.34. The molecule has 0 unspecified atom stereocenters. The number of aliphatic hydroxyl groups is 1. The lowest BCUT2D eigenvalue weighted by atomic mass is 10.1. The maximum Gasteiger partial charge on any atom is 0.257 e. The average molecular weight is 392 g/mol. The molecule has 0 fully saturated rings. The van der Waals surface area contributed by atoms with E-state index < -0.39 is 0 Å². The highest BCUT2D eigenvalue weighted by atomic mass is 35.5. The van der Waals surface area contributed by atoms with Crippen LogP contribution in [0.4, 0.5) is 5.69 Å². The molecule has 2 aromatic carbocycles. The van der Waals surface area contributed by atoms with E-state index in [-0.39, 0.29) is 17.5 Å². The molecule has 1 amide bonds. The molecule has 0 aliphatic rings. The van der Waals surface area contributed by atoms with Crippen LogP contribution in [0.3, 0.4) is 0 Å². The van der Waals surface area contributed by atoms with Gasteiger partial charge < -0.3 is 19.6 Å². The SMILES string of the molecule is COc1cc(NC(=O)c2ccc(Cl)cc2Cl)ccc1-c1ccc(CO)o1. The van der Waals surface area contributed by atoms with Gasteiger partial charge in [0.15, 0.2) is 0 Å². The van der Waals surface area contributed by atoms with Gasteiger partial charge >= 0.3 is 0 Å². The van der Waals surface area contributed by atoms with Gasteiger partial charge in [-0.3, -0.25) is 4.79 Å². The summed E-state index contributed by atoms with van der Waals surface area (Å²) < 4.78 is 10.9. The van der Waals surface area contributed by atoms with Crippen molar-refractivity contribution in [1.82, 2.24) is 0 Å². The van der Waals surface area contributed by atoms with Gasteiger partial charge in [0.25, 0.3) is 5.91 Å². The topological polar surface area (TPSA) is 71.7 Å². The highest BCUT2D eigenvalue weighted by Gasteiger charge is 2.14. The molecule has 3 rings (SSSR count). The zero-order valence-corrected chi connectivity index (χ0v) is 15.3. The second-order valence-electron chi connectivity index (χ2n) is 5.42. The van der Waals surface area contributed by atoms with Gasteiger partial charge in [0.2, 0.25) is 0 Å². The van der Waals surface area contributed by atoms with Crippen LogP contribution in [-0.2, 0) is 6.61 Å². The van der Waals surface area contributed by atoms with Crippen molar-refractivity contribution in [2.75, 3.05) is 12.4 Å². The Balaban J connectivity index is 1.86. The molecule has 2 N–H and O–H groups in total. The first kappa shape index (κ1) is 18.3. The average Bonchev–Trinajstić information content (AvgIpc) is 3.10. The molecule has 0 aliphatic heterocycles. The van der Waals surface area contributed by atoms with Crippen LogP contribution < -0.4 is 10.1 Å². The van der Waals surface area contributed by atoms with E-state index in [1.165, 1.54) is 13.2 Å². The molecule has 7 heteroatoms. The summed E-state index contributed by atoms with van der Waals surface area (Å²) in [5, 5.41) is 12.6. The summed E-state index contributed by atoms with van der Waals surface area (Å²) in [5.41, 5.74) is 1.56. The number of furan rings is 1. The van der Waals surface area contributed by atoms with Gasteiger partial charge in [-0.15, -0.1) is 0 Å². The monoisotopic (exact) mass is 391 g/mol. The lowest BCUT2D eigenvalue weighted by Gasteiger charge is -2.11. The maximum absolute atomic E-state index is 12.4. The second-order valence-corrected chi connectivity index (χ2v) is 6.26. The lowest BCUT2D eigenvalue weighted by molar-refractivity contribution is 0.102. The Kier molecular flexibility index (Phi) is 5.52. The first-order chi connectivity index (χ1) is 12.5. The van der Waals surface area contributed by atoms with E-state index >= 15 is 0 Å². The van der Waals surface area contributed by atoms with Gasteiger partial charge in [-0.2, -0.15) is 0 Å². The van der Waals surface area contributed by atoms with Crippen molar-refractivity contribution in [3.8, 4) is 17.1 Å². The van der Waals surface area contributed by atoms with E-state index in [1.54, 1.807) is 42.5 Å². The molecule has 134 valence electrons. The van der Waals surface area contributed by atoms with E-state index in [1.807, 2.05) is 0 Å². The number of benzene rings is 2. The number of hydrogen-bond acceptors (Lipinski definition) is 4. The molecule has 5 nitrogen and oxygen atoms in total. The minimum atomic E-state index is -0.359. The molecule has 1 heterocycles. The van der Waals surface area contributed by atoms with Crippen molar-refractivity contribution in [3.05, 3.63) is 69.9 Å². The van der Waals surface area contributed by atoms with Gasteiger partial charge in [0, 0.05) is 16.8 Å². The Hall–Kier alpha value is -2.47. The number of nitrogens with one attached hydrogen (secondary N) is 1. The Labute approximate surface area is 160 Å². The van der Waals surface area contributed by atoms with Crippen LogP contribution in [-0.4, -0.2) is 18.1 Å². The Morgan fingerprint density at radius 3 is 2.62 bits per heavy atom. The highest BCUT2D eigenvalue weighted by molar-refractivity contribution is 6.37. The number of carbonyl (C=O) groups is 1. The van der Waals surface area contributed by atoms with E-state index in [0.717, 1.165) is 0 Å². The number of aliphatic hydroxyl groups excluding tert-OH is 1. The van der Waals surface area contributed by atoms with Crippen molar-refractivity contribution < 1.29 is 19.1 Å². The number of rotatable bonds is 5. The largest absolute Gasteiger partial charge is 0.496 e. The number of carbonyl (C=O) groups excluding carboxylic acids is 1. The standard InChI is InChI=1S/C19H15Cl2NO4/c1-25-18-9-12(3-6-15(18)17-7-4-13(10-23)26-17)22-19(24)14-5-2-11(20)8-16(14)21/h2-9,23H,10H2,1H3,(H,22,24). The number of ether oxygens (including phenoxy) is 1. The zero-order valence-electron chi connectivity index (χ0n) is 13.8. The van der Waals surface area contributed by atoms with E-state index in [2.05, 4.69) is 5.32 Å². The first-order valence-corrected chi connectivity index (χ1v) is 8.42. The summed E-state index contributed by atoms with van der Waals surface area (Å²) in [4.78, 5) is 12.4. The van der Waals surface area contributed by atoms with Gasteiger partial charge in [-0.25, -0.2) is 0 Å². The van der Waals surface area contributed by atoms with E-state index in [0.29, 0.717) is 39.1 Å². The molecule has 0 bridgehead atoms. The van der Waals surface area contributed by atoms with Gasteiger partial charge in [0.05, 0.1) is 23.3 Å². The van der Waals surface area contributed by atoms with Crippen LogP contribution in [0.15, 0.2) is 52.9 Å². The van der Waals surface area contributed by atoms with Crippen molar-refractivity contribution in [1.29, 1.82) is 0 Å². The molecule has 26 heavy (non-hydrogen) atoms. The van der Waals surface area contributed by atoms with Crippen LogP contribution in [0.5, 0.6) is 5.75 Å². The molecule has 0 saturated carbocycles. The minimum Gasteiger partial charge on any atom is -0.496 e. The van der Waals surface area contributed by atoms with Crippen LogP contribution in [0.1, 0.15) is 16.1 Å². The van der Waals surface area contributed by atoms with Gasteiger partial charge in [0.1, 0.15) is 23.9 Å². The molecule has 1 aromatic heterocycles. The summed E-state index contributed by atoms with van der Waals surface area (Å²) in [7, 11) is 1.52. The summed E-state index contributed by atoms with van der Waals surface area (Å²) in [6.07, 6.45) is 0. The van der Waals surface area contributed by atoms with E-state index in [9.17, 15) is 4.79 Å².